The van der Waals surface area contributed by atoms with Gasteiger partial charge in [0.05, 0.1) is 11.6 Å². The van der Waals surface area contributed by atoms with Crippen molar-refractivity contribution in [2.45, 2.75) is 27.2 Å². The third-order valence-corrected chi connectivity index (χ3v) is 5.14. The van der Waals surface area contributed by atoms with Crippen molar-refractivity contribution in [3.05, 3.63) is 62.7 Å². The van der Waals surface area contributed by atoms with Crippen molar-refractivity contribution >= 4 is 40.2 Å². The zero-order valence-electron chi connectivity index (χ0n) is 14.5. The van der Waals surface area contributed by atoms with Gasteiger partial charge < -0.3 is 10.4 Å². The minimum atomic E-state index is -0.954. The van der Waals surface area contributed by atoms with Crippen LogP contribution < -0.4 is 5.32 Å². The van der Waals surface area contributed by atoms with Crippen LogP contribution in [-0.4, -0.2) is 17.0 Å². The number of carboxylic acid groups (broad SMARTS) is 1. The highest BCUT2D eigenvalue weighted by Gasteiger charge is 2.30. The standard InChI is InChI=1S/C20H22INO3/c1-12-8-13(2)10-15(9-12)11-16(20(24)25)14(3)19(23)22-18-7-5-4-6-17(18)21/h4-10,14,16H,11H2,1-3H3,(H,22,23)(H,24,25). The number of halogens is 1. The lowest BCUT2D eigenvalue weighted by Crippen LogP contribution is -2.33. The second-order valence-electron chi connectivity index (χ2n) is 6.40. The predicted octanol–water partition coefficient (Wildman–Crippen LogP) is 4.43. The molecule has 5 heteroatoms. The van der Waals surface area contributed by atoms with Gasteiger partial charge in [-0.25, -0.2) is 0 Å². The number of nitrogens with one attached hydrogen (secondary N) is 1. The molecule has 2 unspecified atom stereocenters. The number of hydrogen-bond donors (Lipinski definition) is 2. The summed E-state index contributed by atoms with van der Waals surface area (Å²) in [6, 6.07) is 13.4. The Kier molecular flexibility index (Phi) is 6.58. The number of benzene rings is 2. The predicted molar refractivity (Wildman–Crippen MR) is 108 cm³/mol. The summed E-state index contributed by atoms with van der Waals surface area (Å²) in [6.45, 7) is 5.64. The zero-order chi connectivity index (χ0) is 18.6. The van der Waals surface area contributed by atoms with Crippen LogP contribution in [0.3, 0.4) is 0 Å². The summed E-state index contributed by atoms with van der Waals surface area (Å²) in [5.74, 6) is -2.65. The van der Waals surface area contributed by atoms with E-state index in [0.29, 0.717) is 12.1 Å². The Morgan fingerprint density at radius 3 is 2.28 bits per heavy atom. The summed E-state index contributed by atoms with van der Waals surface area (Å²) >= 11 is 2.14. The number of carbonyl (C=O) groups excluding carboxylic acids is 1. The Bertz CT molecular complexity index is 768. The van der Waals surface area contributed by atoms with Crippen LogP contribution in [0.5, 0.6) is 0 Å². The maximum Gasteiger partial charge on any atom is 0.307 e. The lowest BCUT2D eigenvalue weighted by Gasteiger charge is -2.20. The van der Waals surface area contributed by atoms with Gasteiger partial charge in [0, 0.05) is 9.49 Å². The van der Waals surface area contributed by atoms with E-state index in [0.717, 1.165) is 20.3 Å². The first kappa shape index (κ1) is 19.4. The van der Waals surface area contributed by atoms with E-state index in [2.05, 4.69) is 27.9 Å². The number of aryl methyl sites for hydroxylation is 2. The molecule has 0 saturated heterocycles. The van der Waals surface area contributed by atoms with Crippen molar-refractivity contribution in [3.63, 3.8) is 0 Å². The van der Waals surface area contributed by atoms with Gasteiger partial charge in [-0.05, 0) is 60.6 Å². The molecular weight excluding hydrogens is 429 g/mol. The van der Waals surface area contributed by atoms with Crippen LogP contribution in [0.15, 0.2) is 42.5 Å². The molecular formula is C20H22INO3. The number of carbonyl (C=O) groups is 2. The summed E-state index contributed by atoms with van der Waals surface area (Å²) < 4.78 is 0.918. The normalized spacial score (nSPS) is 13.1. The molecule has 0 heterocycles. The van der Waals surface area contributed by atoms with E-state index in [1.165, 1.54) is 0 Å². The molecule has 2 rings (SSSR count). The van der Waals surface area contributed by atoms with E-state index in [4.69, 9.17) is 0 Å². The minimum absolute atomic E-state index is 0.277. The maximum atomic E-state index is 12.6. The Morgan fingerprint density at radius 1 is 1.12 bits per heavy atom. The van der Waals surface area contributed by atoms with Crippen molar-refractivity contribution < 1.29 is 14.7 Å². The van der Waals surface area contributed by atoms with Gasteiger partial charge in [0.15, 0.2) is 0 Å². The van der Waals surface area contributed by atoms with Crippen molar-refractivity contribution in [3.8, 4) is 0 Å². The van der Waals surface area contributed by atoms with Crippen molar-refractivity contribution in [1.29, 1.82) is 0 Å². The number of rotatable bonds is 6. The zero-order valence-corrected chi connectivity index (χ0v) is 16.7. The van der Waals surface area contributed by atoms with Gasteiger partial charge in [0.2, 0.25) is 5.91 Å². The monoisotopic (exact) mass is 451 g/mol. The smallest absolute Gasteiger partial charge is 0.307 e. The Hall–Kier alpha value is -1.89. The molecule has 0 saturated carbocycles. The molecule has 0 radical (unpaired) electrons. The molecule has 2 aromatic rings. The van der Waals surface area contributed by atoms with E-state index in [9.17, 15) is 14.7 Å². The van der Waals surface area contributed by atoms with Gasteiger partial charge >= 0.3 is 5.97 Å². The summed E-state index contributed by atoms with van der Waals surface area (Å²) in [6.07, 6.45) is 0.332. The topological polar surface area (TPSA) is 66.4 Å². The van der Waals surface area contributed by atoms with Gasteiger partial charge in [0.1, 0.15) is 0 Å². The second kappa shape index (κ2) is 8.47. The molecule has 2 N–H and O–H groups in total. The Balaban J connectivity index is 2.17. The van der Waals surface area contributed by atoms with Crippen molar-refractivity contribution in [1.82, 2.24) is 0 Å². The molecule has 2 atom stereocenters. The molecule has 132 valence electrons. The first-order valence-corrected chi connectivity index (χ1v) is 9.21. The lowest BCUT2D eigenvalue weighted by molar-refractivity contribution is -0.145. The number of para-hydroxylation sites is 1. The molecule has 0 aliphatic carbocycles. The van der Waals surface area contributed by atoms with Crippen LogP contribution in [-0.2, 0) is 16.0 Å². The second-order valence-corrected chi connectivity index (χ2v) is 7.56. The van der Waals surface area contributed by atoms with Crippen LogP contribution in [0.1, 0.15) is 23.6 Å². The molecule has 0 aliphatic heterocycles. The number of carboxylic acids is 1. The van der Waals surface area contributed by atoms with E-state index in [-0.39, 0.29) is 5.91 Å². The average Bonchev–Trinajstić information content (AvgIpc) is 2.53. The fraction of sp³-hybridized carbons (Fsp3) is 0.300. The lowest BCUT2D eigenvalue weighted by atomic mass is 9.86. The first-order chi connectivity index (χ1) is 11.8. The third-order valence-electron chi connectivity index (χ3n) is 4.20. The summed E-state index contributed by atoms with van der Waals surface area (Å²) in [5, 5.41) is 12.5. The SMILES string of the molecule is Cc1cc(C)cc(CC(C(=O)O)C(C)C(=O)Nc2ccccc2I)c1. The first-order valence-electron chi connectivity index (χ1n) is 8.13. The molecule has 1 amide bonds. The van der Waals surface area contributed by atoms with Gasteiger partial charge in [-0.3, -0.25) is 9.59 Å². The highest BCUT2D eigenvalue weighted by Crippen LogP contribution is 2.23. The Morgan fingerprint density at radius 2 is 1.72 bits per heavy atom. The van der Waals surface area contributed by atoms with Crippen LogP contribution in [0.25, 0.3) is 0 Å². The molecule has 0 bridgehead atoms. The quantitative estimate of drug-likeness (QED) is 0.639. The molecule has 0 fully saturated rings. The van der Waals surface area contributed by atoms with Crippen LogP contribution in [0.2, 0.25) is 0 Å². The molecule has 0 spiro atoms. The van der Waals surface area contributed by atoms with Gasteiger partial charge in [0.25, 0.3) is 0 Å². The van der Waals surface area contributed by atoms with Gasteiger partial charge in [-0.1, -0.05) is 48.4 Å². The highest BCUT2D eigenvalue weighted by molar-refractivity contribution is 14.1. The fourth-order valence-electron chi connectivity index (χ4n) is 2.91. The molecule has 2 aromatic carbocycles. The summed E-state index contributed by atoms with van der Waals surface area (Å²) in [4.78, 5) is 24.3. The summed E-state index contributed by atoms with van der Waals surface area (Å²) in [7, 11) is 0. The average molecular weight is 451 g/mol. The molecule has 0 aromatic heterocycles. The maximum absolute atomic E-state index is 12.6. The van der Waals surface area contributed by atoms with Crippen molar-refractivity contribution in [2.75, 3.05) is 5.32 Å². The Labute approximate surface area is 161 Å². The number of aliphatic carboxylic acids is 1. The fourth-order valence-corrected chi connectivity index (χ4v) is 3.43. The number of amides is 1. The van der Waals surface area contributed by atoms with Crippen LogP contribution >= 0.6 is 22.6 Å². The highest BCUT2D eigenvalue weighted by atomic mass is 127. The van der Waals surface area contributed by atoms with Gasteiger partial charge in [-0.15, -0.1) is 0 Å². The molecule has 4 nitrogen and oxygen atoms in total. The van der Waals surface area contributed by atoms with E-state index in [1.807, 2.05) is 56.3 Å². The molecule has 25 heavy (non-hydrogen) atoms. The van der Waals surface area contributed by atoms with Crippen molar-refractivity contribution in [2.24, 2.45) is 11.8 Å². The van der Waals surface area contributed by atoms with Crippen LogP contribution in [0, 0.1) is 29.3 Å². The van der Waals surface area contributed by atoms with Gasteiger partial charge in [-0.2, -0.15) is 0 Å². The van der Waals surface area contributed by atoms with E-state index in [1.54, 1.807) is 6.92 Å². The third kappa shape index (κ3) is 5.29. The number of hydrogen-bond acceptors (Lipinski definition) is 2. The van der Waals surface area contributed by atoms with E-state index < -0.39 is 17.8 Å². The minimum Gasteiger partial charge on any atom is -0.481 e. The largest absolute Gasteiger partial charge is 0.481 e. The molecule has 0 aliphatic rings. The van der Waals surface area contributed by atoms with Crippen LogP contribution in [0.4, 0.5) is 5.69 Å². The summed E-state index contributed by atoms with van der Waals surface area (Å²) in [5.41, 5.74) is 3.83. The van der Waals surface area contributed by atoms with E-state index >= 15 is 0 Å². The number of anilines is 1.